The summed E-state index contributed by atoms with van der Waals surface area (Å²) >= 11 is 3.50. The van der Waals surface area contributed by atoms with E-state index in [9.17, 15) is 0 Å². The van der Waals surface area contributed by atoms with Crippen LogP contribution in [-0.4, -0.2) is 0 Å². The number of benzene rings is 1. The molecular formula is C17H17Br. The summed E-state index contributed by atoms with van der Waals surface area (Å²) in [5.74, 6) is 0. The summed E-state index contributed by atoms with van der Waals surface area (Å²) in [5.41, 5.74) is 4.02. The zero-order valence-electron chi connectivity index (χ0n) is 10.6. The van der Waals surface area contributed by atoms with E-state index in [0.29, 0.717) is 0 Å². The molecule has 1 aromatic rings. The SMILES string of the molecule is CC1=CCC(/C=C/Cc2cccc(Br)c2)=CC=C1. The Morgan fingerprint density at radius 2 is 2.22 bits per heavy atom. The maximum Gasteiger partial charge on any atom is 0.0178 e. The molecule has 0 aromatic heterocycles. The molecule has 1 aliphatic rings. The maximum atomic E-state index is 3.50. The Hall–Kier alpha value is -1.34. The molecule has 0 unspecified atom stereocenters. The highest BCUT2D eigenvalue weighted by molar-refractivity contribution is 9.10. The van der Waals surface area contributed by atoms with E-state index in [0.717, 1.165) is 17.3 Å². The molecule has 1 aromatic carbocycles. The number of halogens is 1. The molecule has 0 aliphatic heterocycles. The van der Waals surface area contributed by atoms with Gasteiger partial charge in [-0.3, -0.25) is 0 Å². The van der Waals surface area contributed by atoms with Crippen LogP contribution in [0.5, 0.6) is 0 Å². The average Bonchev–Trinajstić information content (AvgIpc) is 2.55. The van der Waals surface area contributed by atoms with Crippen LogP contribution in [0.1, 0.15) is 18.9 Å². The molecule has 1 aliphatic carbocycles. The molecule has 0 atom stereocenters. The summed E-state index contributed by atoms with van der Waals surface area (Å²) in [4.78, 5) is 0. The molecule has 92 valence electrons. The number of hydrogen-bond acceptors (Lipinski definition) is 0. The lowest BCUT2D eigenvalue weighted by Gasteiger charge is -1.98. The minimum atomic E-state index is 0.975. The van der Waals surface area contributed by atoms with E-state index in [4.69, 9.17) is 0 Å². The molecule has 18 heavy (non-hydrogen) atoms. The summed E-state index contributed by atoms with van der Waals surface area (Å²) in [6.45, 7) is 2.14. The predicted molar refractivity (Wildman–Crippen MR) is 82.6 cm³/mol. The van der Waals surface area contributed by atoms with Gasteiger partial charge in [0, 0.05) is 4.47 Å². The predicted octanol–water partition coefficient (Wildman–Crippen LogP) is 5.38. The Kier molecular flexibility index (Phi) is 4.77. The lowest BCUT2D eigenvalue weighted by molar-refractivity contribution is 1.22. The van der Waals surface area contributed by atoms with Crippen LogP contribution in [-0.2, 0) is 6.42 Å². The van der Waals surface area contributed by atoms with Crippen molar-refractivity contribution < 1.29 is 0 Å². The fraction of sp³-hybridized carbons (Fsp3) is 0.176. The summed E-state index contributed by atoms with van der Waals surface area (Å²) in [6, 6.07) is 8.45. The van der Waals surface area contributed by atoms with E-state index in [1.165, 1.54) is 16.7 Å². The highest BCUT2D eigenvalue weighted by Crippen LogP contribution is 2.15. The smallest absolute Gasteiger partial charge is 0.0178 e. The van der Waals surface area contributed by atoms with Crippen molar-refractivity contribution in [3.05, 3.63) is 81.9 Å². The van der Waals surface area contributed by atoms with Gasteiger partial charge in [-0.25, -0.2) is 0 Å². The summed E-state index contributed by atoms with van der Waals surface area (Å²) < 4.78 is 1.14. The van der Waals surface area contributed by atoms with Crippen molar-refractivity contribution in [1.82, 2.24) is 0 Å². The summed E-state index contributed by atoms with van der Waals surface area (Å²) in [5, 5.41) is 0. The first-order valence-electron chi connectivity index (χ1n) is 6.19. The molecule has 0 fully saturated rings. The van der Waals surface area contributed by atoms with Crippen molar-refractivity contribution in [2.24, 2.45) is 0 Å². The third-order valence-corrected chi connectivity index (χ3v) is 3.40. The van der Waals surface area contributed by atoms with Crippen LogP contribution < -0.4 is 0 Å². The van der Waals surface area contributed by atoms with Crippen LogP contribution in [0.25, 0.3) is 0 Å². The lowest BCUT2D eigenvalue weighted by Crippen LogP contribution is -1.81. The first-order chi connectivity index (χ1) is 8.74. The van der Waals surface area contributed by atoms with Gasteiger partial charge in [0.05, 0.1) is 0 Å². The molecule has 2 rings (SSSR count). The van der Waals surface area contributed by atoms with Gasteiger partial charge in [-0.2, -0.15) is 0 Å². The van der Waals surface area contributed by atoms with Gasteiger partial charge in [-0.1, -0.05) is 70.1 Å². The maximum absolute atomic E-state index is 3.50. The fourth-order valence-electron chi connectivity index (χ4n) is 1.87. The number of allylic oxidation sites excluding steroid dienone is 8. The van der Waals surface area contributed by atoms with Crippen LogP contribution in [0.2, 0.25) is 0 Å². The quantitative estimate of drug-likeness (QED) is 0.703. The molecule has 1 heteroatoms. The van der Waals surface area contributed by atoms with Crippen LogP contribution in [0, 0.1) is 0 Å². The van der Waals surface area contributed by atoms with E-state index in [2.05, 4.69) is 83.6 Å². The van der Waals surface area contributed by atoms with Crippen LogP contribution >= 0.6 is 15.9 Å². The Balaban J connectivity index is 1.96. The lowest BCUT2D eigenvalue weighted by atomic mass is 10.1. The highest BCUT2D eigenvalue weighted by Gasteiger charge is 1.94. The normalized spacial score (nSPS) is 15.4. The van der Waals surface area contributed by atoms with Gasteiger partial charge >= 0.3 is 0 Å². The van der Waals surface area contributed by atoms with E-state index < -0.39 is 0 Å². The molecule has 0 N–H and O–H groups in total. The van der Waals surface area contributed by atoms with Crippen molar-refractivity contribution in [3.8, 4) is 0 Å². The Morgan fingerprint density at radius 1 is 1.33 bits per heavy atom. The van der Waals surface area contributed by atoms with Crippen molar-refractivity contribution in [3.63, 3.8) is 0 Å². The zero-order valence-corrected chi connectivity index (χ0v) is 12.2. The second-order valence-corrected chi connectivity index (χ2v) is 5.41. The van der Waals surface area contributed by atoms with Crippen LogP contribution in [0.15, 0.2) is 76.3 Å². The van der Waals surface area contributed by atoms with Gasteiger partial charge in [0.25, 0.3) is 0 Å². The first-order valence-corrected chi connectivity index (χ1v) is 6.98. The topological polar surface area (TPSA) is 0 Å². The van der Waals surface area contributed by atoms with Gasteiger partial charge in [0.2, 0.25) is 0 Å². The summed E-state index contributed by atoms with van der Waals surface area (Å²) in [7, 11) is 0. The van der Waals surface area contributed by atoms with Crippen LogP contribution in [0.4, 0.5) is 0 Å². The number of hydrogen-bond donors (Lipinski definition) is 0. The zero-order chi connectivity index (χ0) is 12.8. The van der Waals surface area contributed by atoms with E-state index in [1.54, 1.807) is 0 Å². The molecular weight excluding hydrogens is 284 g/mol. The minimum absolute atomic E-state index is 0.975. The second kappa shape index (κ2) is 6.55. The van der Waals surface area contributed by atoms with Gasteiger partial charge in [-0.15, -0.1) is 0 Å². The highest BCUT2D eigenvalue weighted by atomic mass is 79.9. The molecule has 0 amide bonds. The Morgan fingerprint density at radius 3 is 3.06 bits per heavy atom. The third kappa shape index (κ3) is 4.15. The molecule has 0 bridgehead atoms. The molecule has 0 nitrogen and oxygen atoms in total. The molecule has 0 saturated carbocycles. The van der Waals surface area contributed by atoms with Crippen molar-refractivity contribution >= 4 is 15.9 Å². The van der Waals surface area contributed by atoms with Gasteiger partial charge in [0.15, 0.2) is 0 Å². The first kappa shape index (κ1) is 13.1. The minimum Gasteiger partial charge on any atom is -0.0798 e. The van der Waals surface area contributed by atoms with Crippen molar-refractivity contribution in [2.45, 2.75) is 19.8 Å². The van der Waals surface area contributed by atoms with Crippen molar-refractivity contribution in [2.75, 3.05) is 0 Å². The fourth-order valence-corrected chi connectivity index (χ4v) is 2.32. The van der Waals surface area contributed by atoms with Gasteiger partial charge in [0.1, 0.15) is 0 Å². The van der Waals surface area contributed by atoms with E-state index in [1.807, 2.05) is 0 Å². The average molecular weight is 301 g/mol. The van der Waals surface area contributed by atoms with Crippen LogP contribution in [0.3, 0.4) is 0 Å². The molecule has 0 radical (unpaired) electrons. The Labute approximate surface area is 118 Å². The number of rotatable bonds is 3. The standard InChI is InChI=1S/C17H17Br/c1-14-5-2-6-15(12-11-14)7-3-8-16-9-4-10-17(18)13-16/h2-7,9-11,13H,8,12H2,1H3/b7-3+. The second-order valence-electron chi connectivity index (χ2n) is 4.49. The third-order valence-electron chi connectivity index (χ3n) is 2.90. The Bertz CT molecular complexity index is 528. The molecule has 0 spiro atoms. The van der Waals surface area contributed by atoms with Crippen molar-refractivity contribution in [1.29, 1.82) is 0 Å². The van der Waals surface area contributed by atoms with Gasteiger partial charge < -0.3 is 0 Å². The monoisotopic (exact) mass is 300 g/mol. The molecule has 0 heterocycles. The van der Waals surface area contributed by atoms with E-state index in [-0.39, 0.29) is 0 Å². The van der Waals surface area contributed by atoms with Gasteiger partial charge in [-0.05, 0) is 43.0 Å². The molecule has 0 saturated heterocycles. The van der Waals surface area contributed by atoms with E-state index >= 15 is 0 Å². The largest absolute Gasteiger partial charge is 0.0798 e. The summed E-state index contributed by atoms with van der Waals surface area (Å²) in [6.07, 6.45) is 15.2.